The summed E-state index contributed by atoms with van der Waals surface area (Å²) in [5.74, 6) is -3.18. The van der Waals surface area contributed by atoms with Crippen molar-refractivity contribution in [3.63, 3.8) is 0 Å². The Morgan fingerprint density at radius 1 is 1.00 bits per heavy atom. The molecule has 1 aromatic carbocycles. The van der Waals surface area contributed by atoms with Crippen LogP contribution in [0.5, 0.6) is 0 Å². The molecule has 1 atom stereocenters. The van der Waals surface area contributed by atoms with Gasteiger partial charge in [0, 0.05) is 0 Å². The van der Waals surface area contributed by atoms with Crippen molar-refractivity contribution in [3.05, 3.63) is 51.4 Å². The summed E-state index contributed by atoms with van der Waals surface area (Å²) in [5.41, 5.74) is 0.792. The molecule has 1 aliphatic heterocycles. The van der Waals surface area contributed by atoms with Gasteiger partial charge in [-0.05, 0) is 45.4 Å². The predicted molar refractivity (Wildman–Crippen MR) is 116 cm³/mol. The van der Waals surface area contributed by atoms with Crippen molar-refractivity contribution in [1.29, 1.82) is 0 Å². The first-order chi connectivity index (χ1) is 15.2. The van der Waals surface area contributed by atoms with Crippen LogP contribution in [0.25, 0.3) is 0 Å². The summed E-state index contributed by atoms with van der Waals surface area (Å²) < 4.78 is 10.1. The maximum absolute atomic E-state index is 13.0. The van der Waals surface area contributed by atoms with Gasteiger partial charge < -0.3 is 14.8 Å². The quantitative estimate of drug-likeness (QED) is 0.500. The van der Waals surface area contributed by atoms with Gasteiger partial charge in [-0.25, -0.2) is 9.59 Å². The summed E-state index contributed by atoms with van der Waals surface area (Å²) in [6.07, 6.45) is 0. The van der Waals surface area contributed by atoms with Crippen molar-refractivity contribution in [3.8, 4) is 0 Å². The van der Waals surface area contributed by atoms with Gasteiger partial charge in [0.05, 0.1) is 29.9 Å². The van der Waals surface area contributed by atoms with E-state index in [1.54, 1.807) is 32.9 Å². The smallest absolute Gasteiger partial charge is 0.348 e. The van der Waals surface area contributed by atoms with Crippen molar-refractivity contribution < 1.29 is 33.4 Å². The van der Waals surface area contributed by atoms with Gasteiger partial charge in [0.15, 0.2) is 0 Å². The van der Waals surface area contributed by atoms with Gasteiger partial charge in [0.2, 0.25) is 5.91 Å². The molecular weight excluding hydrogens is 436 g/mol. The Hall–Kier alpha value is -3.53. The highest BCUT2D eigenvalue weighted by Crippen LogP contribution is 2.35. The topological polar surface area (TPSA) is 119 Å². The minimum atomic E-state index is -1.16. The number of anilines is 1. The van der Waals surface area contributed by atoms with E-state index in [9.17, 15) is 24.0 Å². The molecule has 0 bridgehead atoms. The lowest BCUT2D eigenvalue weighted by atomic mass is 10.1. The standard InChI is InChI=1S/C22H22N2O7S/c1-5-30-21(28)15-11(3)16(22(29)31-6-2)32-18(15)23-17(25)12(4)24-19(26)13-9-7-8-10-14(13)20(24)27/h7-10,12H,5-6H2,1-4H3,(H,23,25). The molecular formula is C22H22N2O7S. The van der Waals surface area contributed by atoms with Crippen molar-refractivity contribution in [2.24, 2.45) is 0 Å². The molecule has 9 nitrogen and oxygen atoms in total. The lowest BCUT2D eigenvalue weighted by Crippen LogP contribution is -2.45. The highest BCUT2D eigenvalue weighted by molar-refractivity contribution is 7.18. The van der Waals surface area contributed by atoms with E-state index in [0.29, 0.717) is 5.56 Å². The van der Waals surface area contributed by atoms with Gasteiger partial charge >= 0.3 is 11.9 Å². The van der Waals surface area contributed by atoms with Crippen LogP contribution in [-0.4, -0.2) is 53.8 Å². The van der Waals surface area contributed by atoms with Crippen molar-refractivity contribution >= 4 is 46.0 Å². The van der Waals surface area contributed by atoms with Crippen LogP contribution in [0.1, 0.15) is 67.1 Å². The fraction of sp³-hybridized carbons (Fsp3) is 0.318. The fourth-order valence-electron chi connectivity index (χ4n) is 3.34. The van der Waals surface area contributed by atoms with Crippen LogP contribution in [0, 0.1) is 6.92 Å². The number of benzene rings is 1. The Morgan fingerprint density at radius 2 is 1.53 bits per heavy atom. The minimum absolute atomic E-state index is 0.0304. The molecule has 0 fully saturated rings. The van der Waals surface area contributed by atoms with Crippen LogP contribution in [0.3, 0.4) is 0 Å². The number of rotatable bonds is 7. The number of carbonyl (C=O) groups is 5. The van der Waals surface area contributed by atoms with E-state index in [1.165, 1.54) is 19.1 Å². The van der Waals surface area contributed by atoms with Gasteiger partial charge in [0.25, 0.3) is 11.8 Å². The summed E-state index contributed by atoms with van der Waals surface area (Å²) in [5, 5.41) is 2.66. The van der Waals surface area contributed by atoms with Crippen molar-refractivity contribution in [1.82, 2.24) is 4.90 Å². The molecule has 0 radical (unpaired) electrons. The van der Waals surface area contributed by atoms with Gasteiger partial charge in [-0.3, -0.25) is 19.3 Å². The first-order valence-corrected chi connectivity index (χ1v) is 10.8. The van der Waals surface area contributed by atoms with E-state index in [-0.39, 0.29) is 39.8 Å². The van der Waals surface area contributed by atoms with E-state index in [2.05, 4.69) is 5.32 Å². The molecule has 1 aromatic heterocycles. The largest absolute Gasteiger partial charge is 0.462 e. The third-order valence-electron chi connectivity index (χ3n) is 4.92. The molecule has 0 saturated heterocycles. The van der Waals surface area contributed by atoms with Gasteiger partial charge in [0.1, 0.15) is 15.9 Å². The highest BCUT2D eigenvalue weighted by atomic mass is 32.1. The normalized spacial score (nSPS) is 13.6. The number of carbonyl (C=O) groups excluding carboxylic acids is 5. The number of ether oxygens (including phenoxy) is 2. The second kappa shape index (κ2) is 9.31. The number of imide groups is 1. The number of amides is 3. The van der Waals surface area contributed by atoms with E-state index in [0.717, 1.165) is 16.2 Å². The first kappa shape index (κ1) is 23.1. The fourth-order valence-corrected chi connectivity index (χ4v) is 4.43. The Bertz CT molecular complexity index is 1090. The molecule has 1 N–H and O–H groups in total. The zero-order valence-electron chi connectivity index (χ0n) is 18.0. The number of hydrogen-bond acceptors (Lipinski definition) is 8. The van der Waals surface area contributed by atoms with Crippen LogP contribution in [0.4, 0.5) is 5.00 Å². The maximum atomic E-state index is 13.0. The number of nitrogens with zero attached hydrogens (tertiary/aromatic N) is 1. The van der Waals surface area contributed by atoms with Crippen LogP contribution < -0.4 is 5.32 Å². The van der Waals surface area contributed by atoms with Gasteiger partial charge in [-0.15, -0.1) is 11.3 Å². The first-order valence-electron chi connectivity index (χ1n) is 9.98. The monoisotopic (exact) mass is 458 g/mol. The van der Waals surface area contributed by atoms with Crippen LogP contribution in [0.2, 0.25) is 0 Å². The van der Waals surface area contributed by atoms with Gasteiger partial charge in [-0.2, -0.15) is 0 Å². The molecule has 1 aliphatic rings. The lowest BCUT2D eigenvalue weighted by Gasteiger charge is -2.21. The third-order valence-corrected chi connectivity index (χ3v) is 6.10. The van der Waals surface area contributed by atoms with Crippen LogP contribution in [-0.2, 0) is 14.3 Å². The SMILES string of the molecule is CCOC(=O)c1sc(NC(=O)C(C)N2C(=O)c3ccccc3C2=O)c(C(=O)OCC)c1C. The molecule has 0 saturated carbocycles. The van der Waals surface area contributed by atoms with Crippen LogP contribution >= 0.6 is 11.3 Å². The molecule has 3 rings (SSSR count). The Kier molecular flexibility index (Phi) is 6.73. The predicted octanol–water partition coefficient (Wildman–Crippen LogP) is 3.03. The van der Waals surface area contributed by atoms with E-state index < -0.39 is 35.7 Å². The molecule has 2 heterocycles. The minimum Gasteiger partial charge on any atom is -0.462 e. The summed E-state index contributed by atoms with van der Waals surface area (Å²) in [6.45, 7) is 6.49. The third kappa shape index (κ3) is 4.01. The number of esters is 2. The summed E-state index contributed by atoms with van der Waals surface area (Å²) in [4.78, 5) is 64.1. The average molecular weight is 458 g/mol. The number of thiophene rings is 1. The molecule has 168 valence electrons. The summed E-state index contributed by atoms with van der Waals surface area (Å²) in [6, 6.07) is 5.15. The number of hydrogen-bond donors (Lipinski definition) is 1. The average Bonchev–Trinajstić information content (AvgIpc) is 3.22. The van der Waals surface area contributed by atoms with Crippen molar-refractivity contribution in [2.45, 2.75) is 33.7 Å². The van der Waals surface area contributed by atoms with Crippen LogP contribution in [0.15, 0.2) is 24.3 Å². The molecule has 1 unspecified atom stereocenters. The highest BCUT2D eigenvalue weighted by Gasteiger charge is 2.41. The molecule has 3 amide bonds. The molecule has 2 aromatic rings. The Labute approximate surface area is 188 Å². The van der Waals surface area contributed by atoms with E-state index in [4.69, 9.17) is 9.47 Å². The molecule has 0 spiro atoms. The van der Waals surface area contributed by atoms with Gasteiger partial charge in [-0.1, -0.05) is 12.1 Å². The Balaban J connectivity index is 1.91. The molecule has 10 heteroatoms. The van der Waals surface area contributed by atoms with Crippen molar-refractivity contribution in [2.75, 3.05) is 18.5 Å². The lowest BCUT2D eigenvalue weighted by molar-refractivity contribution is -0.119. The molecule has 32 heavy (non-hydrogen) atoms. The zero-order chi connectivity index (χ0) is 23.6. The zero-order valence-corrected chi connectivity index (χ0v) is 18.8. The number of nitrogens with one attached hydrogen (secondary N) is 1. The molecule has 0 aliphatic carbocycles. The Morgan fingerprint density at radius 3 is 2.06 bits per heavy atom. The second-order valence-electron chi connectivity index (χ2n) is 6.89. The summed E-state index contributed by atoms with van der Waals surface area (Å²) >= 11 is 0.870. The van der Waals surface area contributed by atoms with E-state index in [1.807, 2.05) is 0 Å². The van der Waals surface area contributed by atoms with E-state index >= 15 is 0 Å². The maximum Gasteiger partial charge on any atom is 0.348 e. The number of fused-ring (bicyclic) bond motifs is 1. The second-order valence-corrected chi connectivity index (χ2v) is 7.91. The summed E-state index contributed by atoms with van der Waals surface area (Å²) in [7, 11) is 0.